The molecule has 1 amide bonds. The van der Waals surface area contributed by atoms with Crippen LogP contribution in [0.5, 0.6) is 0 Å². The quantitative estimate of drug-likeness (QED) is 0.720. The minimum Gasteiger partial charge on any atom is -0.467 e. The summed E-state index contributed by atoms with van der Waals surface area (Å²) in [5.41, 5.74) is 0.753. The number of imidazole rings is 1. The topological polar surface area (TPSA) is 93.3 Å². The Morgan fingerprint density at radius 3 is 3.11 bits per heavy atom. The van der Waals surface area contributed by atoms with Crippen LogP contribution in [0, 0.1) is 0 Å². The number of hydrogen-bond acceptors (Lipinski definition) is 5. The van der Waals surface area contributed by atoms with E-state index in [0.717, 1.165) is 12.1 Å². The molecule has 2 N–H and O–H groups in total. The Kier molecular flexibility index (Phi) is 4.51. The van der Waals surface area contributed by atoms with E-state index < -0.39 is 18.1 Å². The lowest BCUT2D eigenvalue weighted by atomic mass is 10.1. The molecular weight excluding hydrogens is 250 g/mol. The first-order valence-electron chi connectivity index (χ1n) is 6.17. The highest BCUT2D eigenvalue weighted by Crippen LogP contribution is 2.12. The molecule has 104 valence electrons. The molecular formula is C12H17N3O4. The zero-order valence-electron chi connectivity index (χ0n) is 10.7. The zero-order valence-corrected chi connectivity index (χ0v) is 10.7. The van der Waals surface area contributed by atoms with Crippen LogP contribution in [0.1, 0.15) is 18.5 Å². The van der Waals surface area contributed by atoms with Gasteiger partial charge in [-0.3, -0.25) is 4.79 Å². The number of amides is 1. The van der Waals surface area contributed by atoms with E-state index in [1.165, 1.54) is 13.4 Å². The van der Waals surface area contributed by atoms with Gasteiger partial charge in [0, 0.05) is 24.9 Å². The molecule has 1 aromatic heterocycles. The smallest absolute Gasteiger partial charge is 0.328 e. The molecule has 0 saturated carbocycles. The van der Waals surface area contributed by atoms with Gasteiger partial charge in [0.1, 0.15) is 12.1 Å². The van der Waals surface area contributed by atoms with Crippen LogP contribution in [0.25, 0.3) is 0 Å². The second-order valence-corrected chi connectivity index (χ2v) is 4.37. The van der Waals surface area contributed by atoms with E-state index in [4.69, 9.17) is 9.47 Å². The maximum Gasteiger partial charge on any atom is 0.328 e. The number of aromatic nitrogens is 2. The fourth-order valence-electron chi connectivity index (χ4n) is 2.00. The summed E-state index contributed by atoms with van der Waals surface area (Å²) in [7, 11) is 1.29. The van der Waals surface area contributed by atoms with Gasteiger partial charge in [0.15, 0.2) is 0 Å². The monoisotopic (exact) mass is 267 g/mol. The largest absolute Gasteiger partial charge is 0.467 e. The van der Waals surface area contributed by atoms with E-state index in [9.17, 15) is 9.59 Å². The Morgan fingerprint density at radius 1 is 1.68 bits per heavy atom. The van der Waals surface area contributed by atoms with Crippen molar-refractivity contribution < 1.29 is 19.1 Å². The average Bonchev–Trinajstić information content (AvgIpc) is 3.09. The SMILES string of the molecule is COC(=O)[C@H](Cc1cnc[nH]1)NC(=O)[C@@H]1CCCO1. The molecule has 1 fully saturated rings. The van der Waals surface area contributed by atoms with Crippen LogP contribution in [0.2, 0.25) is 0 Å². The van der Waals surface area contributed by atoms with Crippen molar-refractivity contribution in [2.45, 2.75) is 31.4 Å². The molecule has 1 saturated heterocycles. The predicted molar refractivity (Wildman–Crippen MR) is 65.2 cm³/mol. The average molecular weight is 267 g/mol. The van der Waals surface area contributed by atoms with Crippen LogP contribution in [0.15, 0.2) is 12.5 Å². The Balaban J connectivity index is 1.97. The Bertz CT molecular complexity index is 426. The van der Waals surface area contributed by atoms with Gasteiger partial charge in [-0.1, -0.05) is 0 Å². The number of aromatic amines is 1. The number of hydrogen-bond donors (Lipinski definition) is 2. The number of ether oxygens (including phenoxy) is 2. The molecule has 0 aromatic carbocycles. The minimum atomic E-state index is -0.734. The molecule has 0 aliphatic carbocycles. The highest BCUT2D eigenvalue weighted by molar-refractivity contribution is 5.87. The van der Waals surface area contributed by atoms with Crippen molar-refractivity contribution >= 4 is 11.9 Å². The molecule has 0 radical (unpaired) electrons. The van der Waals surface area contributed by atoms with E-state index in [1.807, 2.05) is 0 Å². The van der Waals surface area contributed by atoms with Gasteiger partial charge < -0.3 is 19.8 Å². The summed E-state index contributed by atoms with van der Waals surface area (Å²) in [4.78, 5) is 30.4. The molecule has 0 unspecified atom stereocenters. The number of methoxy groups -OCH3 is 1. The highest BCUT2D eigenvalue weighted by Gasteiger charge is 2.29. The predicted octanol–water partition coefficient (Wildman–Crippen LogP) is -0.211. The van der Waals surface area contributed by atoms with Crippen LogP contribution in [-0.4, -0.2) is 47.7 Å². The summed E-state index contributed by atoms with van der Waals surface area (Å²) in [5.74, 6) is -0.756. The van der Waals surface area contributed by atoms with Gasteiger partial charge in [0.2, 0.25) is 5.91 Å². The second-order valence-electron chi connectivity index (χ2n) is 4.37. The van der Waals surface area contributed by atoms with Crippen molar-refractivity contribution in [3.8, 4) is 0 Å². The van der Waals surface area contributed by atoms with E-state index in [2.05, 4.69) is 15.3 Å². The first-order valence-corrected chi connectivity index (χ1v) is 6.17. The number of carbonyl (C=O) groups excluding carboxylic acids is 2. The summed E-state index contributed by atoms with van der Waals surface area (Å²) >= 11 is 0. The Morgan fingerprint density at radius 2 is 2.53 bits per heavy atom. The van der Waals surface area contributed by atoms with Crippen LogP contribution in [0.3, 0.4) is 0 Å². The number of esters is 1. The summed E-state index contributed by atoms with van der Waals surface area (Å²) in [6.45, 7) is 0.585. The van der Waals surface area contributed by atoms with Crippen molar-refractivity contribution in [1.29, 1.82) is 0 Å². The molecule has 1 aliphatic heterocycles. The number of nitrogens with one attached hydrogen (secondary N) is 2. The third kappa shape index (κ3) is 3.54. The van der Waals surface area contributed by atoms with Crippen LogP contribution >= 0.6 is 0 Å². The lowest BCUT2D eigenvalue weighted by Crippen LogP contribution is -2.47. The lowest BCUT2D eigenvalue weighted by Gasteiger charge is -2.18. The zero-order chi connectivity index (χ0) is 13.7. The molecule has 1 aliphatic rings. The standard InChI is InChI=1S/C12H17N3O4/c1-18-12(17)9(5-8-6-13-7-14-8)15-11(16)10-3-2-4-19-10/h6-7,9-10H,2-5H2,1H3,(H,13,14)(H,15,16)/t9-,10-/m0/s1. The fraction of sp³-hybridized carbons (Fsp3) is 0.583. The van der Waals surface area contributed by atoms with E-state index in [0.29, 0.717) is 19.4 Å². The van der Waals surface area contributed by atoms with Gasteiger partial charge in [0.25, 0.3) is 0 Å². The van der Waals surface area contributed by atoms with Crippen molar-refractivity contribution in [2.24, 2.45) is 0 Å². The normalized spacial score (nSPS) is 19.9. The summed E-state index contributed by atoms with van der Waals surface area (Å²) in [5, 5.41) is 2.66. The van der Waals surface area contributed by atoms with Gasteiger partial charge >= 0.3 is 5.97 Å². The molecule has 1 aromatic rings. The van der Waals surface area contributed by atoms with E-state index in [-0.39, 0.29) is 5.91 Å². The number of carbonyl (C=O) groups is 2. The Hall–Kier alpha value is -1.89. The summed E-state index contributed by atoms with van der Waals surface area (Å²) in [6.07, 6.45) is 4.52. The number of nitrogens with zero attached hydrogens (tertiary/aromatic N) is 1. The van der Waals surface area contributed by atoms with Crippen molar-refractivity contribution in [2.75, 3.05) is 13.7 Å². The van der Waals surface area contributed by atoms with Crippen LogP contribution < -0.4 is 5.32 Å². The number of rotatable bonds is 5. The number of H-pyrrole nitrogens is 1. The molecule has 0 bridgehead atoms. The Labute approximate surface area is 110 Å². The molecule has 2 atom stereocenters. The molecule has 2 rings (SSSR count). The van der Waals surface area contributed by atoms with E-state index in [1.54, 1.807) is 6.20 Å². The third-order valence-electron chi connectivity index (χ3n) is 3.00. The second kappa shape index (κ2) is 6.33. The van der Waals surface area contributed by atoms with Gasteiger partial charge in [-0.2, -0.15) is 0 Å². The van der Waals surface area contributed by atoms with Crippen LogP contribution in [0.4, 0.5) is 0 Å². The summed E-state index contributed by atoms with van der Waals surface area (Å²) in [6, 6.07) is -0.734. The van der Waals surface area contributed by atoms with Gasteiger partial charge in [-0.05, 0) is 12.8 Å². The first kappa shape index (κ1) is 13.5. The summed E-state index contributed by atoms with van der Waals surface area (Å²) < 4.78 is 9.98. The molecule has 0 spiro atoms. The molecule has 7 nitrogen and oxygen atoms in total. The van der Waals surface area contributed by atoms with Crippen LogP contribution in [-0.2, 0) is 25.5 Å². The van der Waals surface area contributed by atoms with Crippen molar-refractivity contribution in [3.05, 3.63) is 18.2 Å². The maximum atomic E-state index is 11.9. The highest BCUT2D eigenvalue weighted by atomic mass is 16.5. The molecule has 19 heavy (non-hydrogen) atoms. The van der Waals surface area contributed by atoms with Gasteiger partial charge in [-0.25, -0.2) is 9.78 Å². The fourth-order valence-corrected chi connectivity index (χ4v) is 2.00. The third-order valence-corrected chi connectivity index (χ3v) is 3.00. The van der Waals surface area contributed by atoms with Gasteiger partial charge in [-0.15, -0.1) is 0 Å². The van der Waals surface area contributed by atoms with Crippen molar-refractivity contribution in [3.63, 3.8) is 0 Å². The molecule has 2 heterocycles. The molecule has 7 heteroatoms. The van der Waals surface area contributed by atoms with Crippen molar-refractivity contribution in [1.82, 2.24) is 15.3 Å². The lowest BCUT2D eigenvalue weighted by molar-refractivity contribution is -0.146. The minimum absolute atomic E-state index is 0.271. The van der Waals surface area contributed by atoms with E-state index >= 15 is 0 Å². The first-order chi connectivity index (χ1) is 9.20. The van der Waals surface area contributed by atoms with Gasteiger partial charge in [0.05, 0.1) is 13.4 Å². The maximum absolute atomic E-state index is 11.9.